The molecular formula is C24H26N2O2S. The van der Waals surface area contributed by atoms with Crippen molar-refractivity contribution in [2.45, 2.75) is 49.2 Å². The molecule has 5 heteroatoms. The van der Waals surface area contributed by atoms with E-state index in [9.17, 15) is 4.79 Å². The fourth-order valence-electron chi connectivity index (χ4n) is 3.95. The van der Waals surface area contributed by atoms with Crippen LogP contribution in [-0.4, -0.2) is 17.6 Å². The SMILES string of the molecule is Cc1noc(C)c1CSc1ccccc1C(=O)NCC1(c2ccccc2)CCC1. The smallest absolute Gasteiger partial charge is 0.252 e. The van der Waals surface area contributed by atoms with Crippen molar-refractivity contribution in [2.24, 2.45) is 0 Å². The molecule has 4 rings (SSSR count). The molecule has 1 amide bonds. The molecule has 150 valence electrons. The maximum absolute atomic E-state index is 13.0. The standard InChI is InChI=1S/C24H26N2O2S/c1-17-21(18(2)28-26-17)15-29-22-12-7-6-11-20(22)23(27)25-16-24(13-8-14-24)19-9-4-3-5-10-19/h3-7,9-12H,8,13-16H2,1-2H3,(H,25,27). The number of carbonyl (C=O) groups excluding carboxylic acids is 1. The first-order valence-electron chi connectivity index (χ1n) is 10.1. The van der Waals surface area contributed by atoms with Crippen molar-refractivity contribution in [3.63, 3.8) is 0 Å². The molecule has 3 aromatic rings. The summed E-state index contributed by atoms with van der Waals surface area (Å²) in [5, 5.41) is 7.23. The Balaban J connectivity index is 1.45. The first-order chi connectivity index (χ1) is 14.1. The van der Waals surface area contributed by atoms with E-state index in [4.69, 9.17) is 4.52 Å². The Morgan fingerprint density at radius 1 is 1.10 bits per heavy atom. The van der Waals surface area contributed by atoms with Crippen molar-refractivity contribution in [1.82, 2.24) is 10.5 Å². The third-order valence-electron chi connectivity index (χ3n) is 5.97. The third kappa shape index (κ3) is 4.10. The van der Waals surface area contributed by atoms with Crippen molar-refractivity contribution in [1.29, 1.82) is 0 Å². The molecule has 1 saturated carbocycles. The van der Waals surface area contributed by atoms with Gasteiger partial charge >= 0.3 is 0 Å². The molecule has 1 aliphatic rings. The van der Waals surface area contributed by atoms with Gasteiger partial charge in [-0.15, -0.1) is 11.8 Å². The highest BCUT2D eigenvalue weighted by Crippen LogP contribution is 2.43. The minimum absolute atomic E-state index is 0.00549. The molecule has 0 spiro atoms. The van der Waals surface area contributed by atoms with Gasteiger partial charge in [0.1, 0.15) is 5.76 Å². The summed E-state index contributed by atoms with van der Waals surface area (Å²) < 4.78 is 5.26. The quantitative estimate of drug-likeness (QED) is 0.531. The number of thioether (sulfide) groups is 1. The van der Waals surface area contributed by atoms with Crippen LogP contribution in [0.15, 0.2) is 64.0 Å². The normalized spacial score (nSPS) is 15.0. The third-order valence-corrected chi connectivity index (χ3v) is 7.07. The number of amides is 1. The van der Waals surface area contributed by atoms with Crippen LogP contribution in [0.3, 0.4) is 0 Å². The van der Waals surface area contributed by atoms with Gasteiger partial charge in [-0.05, 0) is 44.4 Å². The summed E-state index contributed by atoms with van der Waals surface area (Å²) in [6.07, 6.45) is 3.47. The average Bonchev–Trinajstić information content (AvgIpc) is 3.04. The Morgan fingerprint density at radius 2 is 1.83 bits per heavy atom. The molecule has 1 heterocycles. The highest BCUT2D eigenvalue weighted by Gasteiger charge is 2.38. The predicted molar refractivity (Wildman–Crippen MR) is 116 cm³/mol. The van der Waals surface area contributed by atoms with Gasteiger partial charge in [0.05, 0.1) is 11.3 Å². The number of hydrogen-bond donors (Lipinski definition) is 1. The van der Waals surface area contributed by atoms with Crippen LogP contribution >= 0.6 is 11.8 Å². The van der Waals surface area contributed by atoms with Crippen LogP contribution in [0.2, 0.25) is 0 Å². The second kappa shape index (κ2) is 8.46. The minimum Gasteiger partial charge on any atom is -0.361 e. The van der Waals surface area contributed by atoms with Crippen molar-refractivity contribution >= 4 is 17.7 Å². The highest BCUT2D eigenvalue weighted by atomic mass is 32.2. The van der Waals surface area contributed by atoms with Crippen LogP contribution in [0, 0.1) is 13.8 Å². The molecule has 0 bridgehead atoms. The van der Waals surface area contributed by atoms with E-state index in [0.29, 0.717) is 6.54 Å². The maximum atomic E-state index is 13.0. The fourth-order valence-corrected chi connectivity index (χ4v) is 5.15. The Bertz CT molecular complexity index is 974. The Labute approximate surface area is 176 Å². The Hall–Kier alpha value is -2.53. The van der Waals surface area contributed by atoms with Crippen LogP contribution in [0.4, 0.5) is 0 Å². The largest absolute Gasteiger partial charge is 0.361 e. The van der Waals surface area contributed by atoms with Crippen LogP contribution < -0.4 is 5.32 Å². The second-order valence-electron chi connectivity index (χ2n) is 7.77. The van der Waals surface area contributed by atoms with Crippen LogP contribution in [0.1, 0.15) is 52.2 Å². The average molecular weight is 407 g/mol. The van der Waals surface area contributed by atoms with Gasteiger partial charge in [0, 0.05) is 28.2 Å². The minimum atomic E-state index is -0.00549. The van der Waals surface area contributed by atoms with Gasteiger partial charge in [0.15, 0.2) is 0 Å². The van der Waals surface area contributed by atoms with E-state index in [1.54, 1.807) is 11.8 Å². The lowest BCUT2D eigenvalue weighted by Gasteiger charge is -2.42. The molecular weight excluding hydrogens is 380 g/mol. The van der Waals surface area contributed by atoms with Gasteiger partial charge in [-0.3, -0.25) is 4.79 Å². The zero-order chi connectivity index (χ0) is 20.3. The van der Waals surface area contributed by atoms with E-state index in [0.717, 1.165) is 46.1 Å². The van der Waals surface area contributed by atoms with Crippen LogP contribution in [0.25, 0.3) is 0 Å². The maximum Gasteiger partial charge on any atom is 0.252 e. The molecule has 1 fully saturated rings. The van der Waals surface area contributed by atoms with Crippen LogP contribution in [-0.2, 0) is 11.2 Å². The van der Waals surface area contributed by atoms with Crippen molar-refractivity contribution in [2.75, 3.05) is 6.54 Å². The summed E-state index contributed by atoms with van der Waals surface area (Å²) in [6.45, 7) is 4.56. The van der Waals surface area contributed by atoms with Gasteiger partial charge in [0.2, 0.25) is 0 Å². The number of nitrogens with zero attached hydrogens (tertiary/aromatic N) is 1. The van der Waals surface area contributed by atoms with Crippen molar-refractivity contribution in [3.8, 4) is 0 Å². The lowest BCUT2D eigenvalue weighted by Crippen LogP contribution is -2.45. The molecule has 1 aromatic heterocycles. The molecule has 0 saturated heterocycles. The van der Waals surface area contributed by atoms with E-state index in [2.05, 4.69) is 34.7 Å². The molecule has 1 aliphatic carbocycles. The van der Waals surface area contributed by atoms with Gasteiger partial charge in [-0.2, -0.15) is 0 Å². The molecule has 0 radical (unpaired) electrons. The second-order valence-corrected chi connectivity index (χ2v) is 8.79. The molecule has 2 aromatic carbocycles. The molecule has 0 aliphatic heterocycles. The van der Waals surface area contributed by atoms with E-state index in [1.807, 2.05) is 44.2 Å². The molecule has 0 unspecified atom stereocenters. The highest BCUT2D eigenvalue weighted by molar-refractivity contribution is 7.98. The summed E-state index contributed by atoms with van der Waals surface area (Å²) in [4.78, 5) is 14.0. The number of benzene rings is 2. The number of nitrogens with one attached hydrogen (secondary N) is 1. The lowest BCUT2D eigenvalue weighted by atomic mass is 9.64. The number of aryl methyl sites for hydroxylation is 2. The summed E-state index contributed by atoms with van der Waals surface area (Å²) in [6, 6.07) is 18.4. The van der Waals surface area contributed by atoms with Crippen LogP contribution in [0.5, 0.6) is 0 Å². The van der Waals surface area contributed by atoms with Gasteiger partial charge in [-0.1, -0.05) is 54.0 Å². The first kappa shape index (κ1) is 19.8. The van der Waals surface area contributed by atoms with Gasteiger partial charge < -0.3 is 9.84 Å². The van der Waals surface area contributed by atoms with E-state index in [1.165, 1.54) is 12.0 Å². The van der Waals surface area contributed by atoms with Crippen molar-refractivity contribution in [3.05, 3.63) is 82.7 Å². The number of rotatable bonds is 7. The Morgan fingerprint density at radius 3 is 2.48 bits per heavy atom. The summed E-state index contributed by atoms with van der Waals surface area (Å²) in [5.41, 5.74) is 4.14. The summed E-state index contributed by atoms with van der Waals surface area (Å²) >= 11 is 1.65. The van der Waals surface area contributed by atoms with E-state index < -0.39 is 0 Å². The fraction of sp³-hybridized carbons (Fsp3) is 0.333. The van der Waals surface area contributed by atoms with E-state index in [-0.39, 0.29) is 11.3 Å². The zero-order valence-electron chi connectivity index (χ0n) is 16.9. The zero-order valence-corrected chi connectivity index (χ0v) is 17.7. The molecule has 0 atom stereocenters. The topological polar surface area (TPSA) is 55.1 Å². The van der Waals surface area contributed by atoms with Gasteiger partial charge in [-0.25, -0.2) is 0 Å². The molecule has 29 heavy (non-hydrogen) atoms. The monoisotopic (exact) mass is 406 g/mol. The predicted octanol–water partition coefficient (Wildman–Crippen LogP) is 5.44. The molecule has 1 N–H and O–H groups in total. The Kier molecular flexibility index (Phi) is 5.76. The van der Waals surface area contributed by atoms with E-state index >= 15 is 0 Å². The summed E-state index contributed by atoms with van der Waals surface area (Å²) in [7, 11) is 0. The number of carbonyl (C=O) groups is 1. The molecule has 4 nitrogen and oxygen atoms in total. The summed E-state index contributed by atoms with van der Waals surface area (Å²) in [5.74, 6) is 1.57. The number of aromatic nitrogens is 1. The van der Waals surface area contributed by atoms with Gasteiger partial charge in [0.25, 0.3) is 5.91 Å². The number of hydrogen-bond acceptors (Lipinski definition) is 4. The first-order valence-corrected chi connectivity index (χ1v) is 11.0. The lowest BCUT2D eigenvalue weighted by molar-refractivity contribution is 0.0925. The van der Waals surface area contributed by atoms with Crippen molar-refractivity contribution < 1.29 is 9.32 Å².